The lowest BCUT2D eigenvalue weighted by molar-refractivity contribution is 0.168. The van der Waals surface area contributed by atoms with Gasteiger partial charge in [0.25, 0.3) is 0 Å². The first-order valence-electron chi connectivity index (χ1n) is 7.57. The van der Waals surface area contributed by atoms with Gasteiger partial charge in [0.2, 0.25) is 0 Å². The Kier molecular flexibility index (Phi) is 6.86. The number of likely N-dealkylation sites (N-methyl/N-ethyl adjacent to an activating group) is 1. The minimum absolute atomic E-state index is 0.0318. The molecule has 22 heavy (non-hydrogen) atoms. The van der Waals surface area contributed by atoms with Crippen LogP contribution in [0.15, 0.2) is 24.3 Å². The smallest absolute Gasteiger partial charge is 0.317 e. The predicted octanol–water partition coefficient (Wildman–Crippen LogP) is 2.92. The van der Waals surface area contributed by atoms with E-state index in [1.165, 1.54) is 0 Å². The van der Waals surface area contributed by atoms with Crippen LogP contribution in [-0.2, 0) is 6.54 Å². The minimum Gasteiger partial charge on any atom is -0.334 e. The van der Waals surface area contributed by atoms with Crippen LogP contribution < -0.4 is 5.32 Å². The number of hydrogen-bond acceptors (Lipinski definition) is 3. The van der Waals surface area contributed by atoms with Gasteiger partial charge in [0, 0.05) is 30.4 Å². The summed E-state index contributed by atoms with van der Waals surface area (Å²) in [6.07, 6.45) is 1.06. The topological polar surface area (TPSA) is 35.6 Å². The summed E-state index contributed by atoms with van der Waals surface area (Å²) in [6, 6.07) is 7.88. The highest BCUT2D eigenvalue weighted by molar-refractivity contribution is 7.99. The van der Waals surface area contributed by atoms with E-state index in [9.17, 15) is 4.79 Å². The number of nitrogens with one attached hydrogen (secondary N) is 1. The second-order valence-electron chi connectivity index (χ2n) is 5.82. The summed E-state index contributed by atoms with van der Waals surface area (Å²) in [4.78, 5) is 16.7. The molecular formula is C16H24ClN3OS. The summed E-state index contributed by atoms with van der Waals surface area (Å²) >= 11 is 7.82. The minimum atomic E-state index is 0.0318. The molecule has 1 unspecified atom stereocenters. The van der Waals surface area contributed by atoms with Crippen LogP contribution in [0.4, 0.5) is 4.79 Å². The van der Waals surface area contributed by atoms with Crippen molar-refractivity contribution in [1.82, 2.24) is 15.1 Å². The molecular weight excluding hydrogens is 318 g/mol. The fourth-order valence-electron chi connectivity index (χ4n) is 2.55. The Morgan fingerprint density at radius 2 is 2.14 bits per heavy atom. The molecule has 1 N–H and O–H groups in total. The Balaban J connectivity index is 1.93. The molecule has 1 saturated heterocycles. The molecule has 4 nitrogen and oxygen atoms in total. The summed E-state index contributed by atoms with van der Waals surface area (Å²) in [7, 11) is 4.11. The SMILES string of the molecule is CN(C)CC1CSCCCN1C(=O)NCc1ccc(Cl)cc1. The van der Waals surface area contributed by atoms with E-state index in [0.717, 1.165) is 36.6 Å². The van der Waals surface area contributed by atoms with Crippen molar-refractivity contribution < 1.29 is 4.79 Å². The third-order valence-electron chi connectivity index (χ3n) is 3.63. The largest absolute Gasteiger partial charge is 0.334 e. The second kappa shape index (κ2) is 8.65. The number of thioether (sulfide) groups is 1. The monoisotopic (exact) mass is 341 g/mol. The number of urea groups is 1. The molecule has 1 atom stereocenters. The first-order valence-corrected chi connectivity index (χ1v) is 9.11. The van der Waals surface area contributed by atoms with Gasteiger partial charge in [-0.3, -0.25) is 0 Å². The van der Waals surface area contributed by atoms with Gasteiger partial charge in [-0.2, -0.15) is 11.8 Å². The summed E-state index contributed by atoms with van der Waals surface area (Å²) in [5.41, 5.74) is 1.06. The number of benzene rings is 1. The standard InChI is InChI=1S/C16H24ClN3OS/c1-19(2)11-15-12-22-9-3-8-20(15)16(21)18-10-13-4-6-14(17)7-5-13/h4-7,15H,3,8-12H2,1-2H3,(H,18,21). The van der Waals surface area contributed by atoms with Crippen LogP contribution in [0.2, 0.25) is 5.02 Å². The zero-order valence-corrected chi connectivity index (χ0v) is 14.8. The van der Waals surface area contributed by atoms with Crippen LogP contribution in [0.3, 0.4) is 0 Å². The zero-order chi connectivity index (χ0) is 15.9. The molecule has 2 amide bonds. The molecule has 1 aromatic carbocycles. The molecule has 0 aliphatic carbocycles. The van der Waals surface area contributed by atoms with E-state index in [4.69, 9.17) is 11.6 Å². The fourth-order valence-corrected chi connectivity index (χ4v) is 3.73. The lowest BCUT2D eigenvalue weighted by Gasteiger charge is -2.31. The van der Waals surface area contributed by atoms with E-state index < -0.39 is 0 Å². The maximum absolute atomic E-state index is 12.5. The van der Waals surface area contributed by atoms with E-state index in [-0.39, 0.29) is 12.1 Å². The molecule has 0 spiro atoms. The van der Waals surface area contributed by atoms with Gasteiger partial charge in [-0.1, -0.05) is 23.7 Å². The highest BCUT2D eigenvalue weighted by Gasteiger charge is 2.25. The van der Waals surface area contributed by atoms with E-state index >= 15 is 0 Å². The van der Waals surface area contributed by atoms with E-state index in [1.807, 2.05) is 40.9 Å². The molecule has 0 saturated carbocycles. The lowest BCUT2D eigenvalue weighted by Crippen LogP contribution is -2.50. The van der Waals surface area contributed by atoms with Gasteiger partial charge in [0.05, 0.1) is 6.04 Å². The van der Waals surface area contributed by atoms with Crippen molar-refractivity contribution in [2.24, 2.45) is 0 Å². The van der Waals surface area contributed by atoms with Crippen molar-refractivity contribution in [3.05, 3.63) is 34.9 Å². The van der Waals surface area contributed by atoms with Crippen LogP contribution in [0.5, 0.6) is 0 Å². The van der Waals surface area contributed by atoms with E-state index in [0.29, 0.717) is 11.6 Å². The summed E-state index contributed by atoms with van der Waals surface area (Å²) < 4.78 is 0. The molecule has 0 bridgehead atoms. The maximum Gasteiger partial charge on any atom is 0.317 e. The van der Waals surface area contributed by atoms with Gasteiger partial charge in [-0.15, -0.1) is 0 Å². The Morgan fingerprint density at radius 1 is 1.41 bits per heavy atom. The zero-order valence-electron chi connectivity index (χ0n) is 13.2. The summed E-state index contributed by atoms with van der Waals surface area (Å²) in [5.74, 6) is 2.14. The van der Waals surface area contributed by atoms with Gasteiger partial charge in [0.1, 0.15) is 0 Å². The molecule has 1 fully saturated rings. The Hall–Kier alpha value is -0.910. The average molecular weight is 342 g/mol. The molecule has 1 heterocycles. The van der Waals surface area contributed by atoms with Crippen LogP contribution in [0.1, 0.15) is 12.0 Å². The molecule has 1 aromatic rings. The average Bonchev–Trinajstić information content (AvgIpc) is 2.71. The van der Waals surface area contributed by atoms with Crippen molar-refractivity contribution >= 4 is 29.4 Å². The van der Waals surface area contributed by atoms with Crippen molar-refractivity contribution in [3.63, 3.8) is 0 Å². The lowest BCUT2D eigenvalue weighted by atomic mass is 10.2. The number of hydrogen-bond donors (Lipinski definition) is 1. The first-order chi connectivity index (χ1) is 10.6. The molecule has 1 aliphatic heterocycles. The van der Waals surface area contributed by atoms with Gasteiger partial charge in [-0.25, -0.2) is 4.79 Å². The third-order valence-corrected chi connectivity index (χ3v) is 5.08. The van der Waals surface area contributed by atoms with Gasteiger partial charge < -0.3 is 15.1 Å². The molecule has 6 heteroatoms. The highest BCUT2D eigenvalue weighted by atomic mass is 35.5. The van der Waals surface area contributed by atoms with Gasteiger partial charge in [-0.05, 0) is 44.0 Å². The molecule has 1 aliphatic rings. The first kappa shape index (κ1) is 17.4. The third kappa shape index (κ3) is 5.38. The number of carbonyl (C=O) groups excluding carboxylic acids is 1. The number of rotatable bonds is 4. The maximum atomic E-state index is 12.5. The Labute approximate surface area is 142 Å². The van der Waals surface area contributed by atoms with Crippen LogP contribution in [-0.4, -0.2) is 60.6 Å². The van der Waals surface area contributed by atoms with Crippen LogP contribution in [0.25, 0.3) is 0 Å². The fraction of sp³-hybridized carbons (Fsp3) is 0.562. The van der Waals surface area contributed by atoms with E-state index in [2.05, 4.69) is 24.3 Å². The number of amides is 2. The summed E-state index contributed by atoms with van der Waals surface area (Å²) in [6.45, 7) is 2.27. The molecule has 0 radical (unpaired) electrons. The van der Waals surface area contributed by atoms with E-state index in [1.54, 1.807) is 0 Å². The second-order valence-corrected chi connectivity index (χ2v) is 7.41. The van der Waals surface area contributed by atoms with Crippen molar-refractivity contribution in [2.75, 3.05) is 38.7 Å². The quantitative estimate of drug-likeness (QED) is 0.914. The van der Waals surface area contributed by atoms with Gasteiger partial charge in [0.15, 0.2) is 0 Å². The van der Waals surface area contributed by atoms with Crippen molar-refractivity contribution in [2.45, 2.75) is 19.0 Å². The van der Waals surface area contributed by atoms with Crippen molar-refractivity contribution in [1.29, 1.82) is 0 Å². The number of nitrogens with zero attached hydrogens (tertiary/aromatic N) is 2. The van der Waals surface area contributed by atoms with Crippen LogP contribution in [0, 0.1) is 0 Å². The van der Waals surface area contributed by atoms with Crippen molar-refractivity contribution in [3.8, 4) is 0 Å². The van der Waals surface area contributed by atoms with Gasteiger partial charge >= 0.3 is 6.03 Å². The Bertz CT molecular complexity index is 481. The van der Waals surface area contributed by atoms with Crippen LogP contribution >= 0.6 is 23.4 Å². The number of carbonyl (C=O) groups is 1. The summed E-state index contributed by atoms with van der Waals surface area (Å²) in [5, 5.41) is 3.75. The molecule has 2 rings (SSSR count). The molecule has 0 aromatic heterocycles. The highest BCUT2D eigenvalue weighted by Crippen LogP contribution is 2.17. The Morgan fingerprint density at radius 3 is 2.82 bits per heavy atom. The number of halogens is 1. The normalized spacial score (nSPS) is 19.1. The molecule has 122 valence electrons. The predicted molar refractivity (Wildman–Crippen MR) is 94.7 cm³/mol.